The maximum absolute atomic E-state index is 11.0. The first-order valence-electron chi connectivity index (χ1n) is 6.17. The monoisotopic (exact) mass is 267 g/mol. The number of aliphatic hydroxyl groups is 1. The molecular weight excluding hydrogens is 246 g/mol. The van der Waals surface area contributed by atoms with Crippen molar-refractivity contribution in [3.63, 3.8) is 0 Å². The van der Waals surface area contributed by atoms with Gasteiger partial charge >= 0.3 is 0 Å². The molecule has 0 heterocycles. The van der Waals surface area contributed by atoms with Crippen molar-refractivity contribution in [1.29, 1.82) is 0 Å². The van der Waals surface area contributed by atoms with E-state index >= 15 is 0 Å². The maximum atomic E-state index is 11.0. The fourth-order valence-electron chi connectivity index (χ4n) is 1.62. The zero-order valence-electron chi connectivity index (χ0n) is 11.5. The molecule has 1 aromatic rings. The topological polar surface area (TPSA) is 81.8 Å². The lowest BCUT2D eigenvalue weighted by Crippen LogP contribution is -2.39. The van der Waals surface area contributed by atoms with E-state index < -0.39 is 24.0 Å². The van der Waals surface area contributed by atoms with Gasteiger partial charge in [0.2, 0.25) is 5.91 Å². The molecule has 0 aliphatic carbocycles. The van der Waals surface area contributed by atoms with Gasteiger partial charge in [-0.05, 0) is 24.6 Å². The summed E-state index contributed by atoms with van der Waals surface area (Å²) in [5.41, 5.74) is 6.11. The third-order valence-electron chi connectivity index (χ3n) is 3.11. The van der Waals surface area contributed by atoms with Gasteiger partial charge in [-0.2, -0.15) is 0 Å². The number of carbonyl (C=O) groups excluding carboxylic acids is 1. The quantitative estimate of drug-likeness (QED) is 0.774. The van der Waals surface area contributed by atoms with E-state index in [9.17, 15) is 9.90 Å². The number of primary amides is 1. The van der Waals surface area contributed by atoms with Crippen LogP contribution in [0.4, 0.5) is 0 Å². The molecule has 1 aromatic carbocycles. The lowest BCUT2D eigenvalue weighted by atomic mass is 10.0. The molecular formula is C14H21NO4. The van der Waals surface area contributed by atoms with Gasteiger partial charge in [0.15, 0.2) is 0 Å². The van der Waals surface area contributed by atoms with E-state index in [4.69, 9.17) is 15.2 Å². The fraction of sp³-hybridized carbons (Fsp3) is 0.500. The van der Waals surface area contributed by atoms with Gasteiger partial charge in [-0.3, -0.25) is 4.79 Å². The Kier molecular flexibility index (Phi) is 5.79. The number of aliphatic hydroxyl groups excluding tert-OH is 1. The van der Waals surface area contributed by atoms with E-state index in [1.165, 1.54) is 0 Å². The molecule has 1 amide bonds. The van der Waals surface area contributed by atoms with Gasteiger partial charge in [0.1, 0.15) is 5.75 Å². The first kappa shape index (κ1) is 15.5. The lowest BCUT2D eigenvalue weighted by Gasteiger charge is -2.23. The molecule has 106 valence electrons. The van der Waals surface area contributed by atoms with Crippen molar-refractivity contribution in [1.82, 2.24) is 0 Å². The summed E-state index contributed by atoms with van der Waals surface area (Å²) in [6.45, 7) is 3.65. The maximum Gasteiger partial charge on any atom is 0.222 e. The van der Waals surface area contributed by atoms with E-state index in [0.29, 0.717) is 6.61 Å². The summed E-state index contributed by atoms with van der Waals surface area (Å²) in [7, 11) is 1.61. The smallest absolute Gasteiger partial charge is 0.222 e. The number of carbonyl (C=O) groups is 1. The van der Waals surface area contributed by atoms with Crippen LogP contribution in [-0.2, 0) is 16.1 Å². The van der Waals surface area contributed by atoms with Crippen LogP contribution in [0.25, 0.3) is 0 Å². The predicted octanol–water partition coefficient (Wildman–Crippen LogP) is 1.08. The van der Waals surface area contributed by atoms with Crippen LogP contribution in [0.1, 0.15) is 19.4 Å². The molecule has 0 aliphatic heterocycles. The summed E-state index contributed by atoms with van der Waals surface area (Å²) < 4.78 is 10.6. The minimum atomic E-state index is -0.907. The molecule has 5 nitrogen and oxygen atoms in total. The van der Waals surface area contributed by atoms with Gasteiger partial charge < -0.3 is 20.3 Å². The van der Waals surface area contributed by atoms with Crippen molar-refractivity contribution in [2.75, 3.05) is 7.11 Å². The van der Waals surface area contributed by atoms with Crippen molar-refractivity contribution >= 4 is 5.91 Å². The minimum absolute atomic E-state index is 0.355. The Bertz CT molecular complexity index is 404. The molecule has 0 aliphatic rings. The molecule has 0 spiro atoms. The highest BCUT2D eigenvalue weighted by Crippen LogP contribution is 2.15. The lowest BCUT2D eigenvalue weighted by molar-refractivity contribution is -0.129. The fourth-order valence-corrected chi connectivity index (χ4v) is 1.62. The molecule has 1 rings (SSSR count). The second-order valence-electron chi connectivity index (χ2n) is 4.55. The molecule has 0 saturated heterocycles. The number of rotatable bonds is 7. The van der Waals surface area contributed by atoms with Crippen molar-refractivity contribution in [3.05, 3.63) is 29.8 Å². The zero-order chi connectivity index (χ0) is 14.4. The van der Waals surface area contributed by atoms with Crippen LogP contribution in [0, 0.1) is 5.92 Å². The molecule has 3 N–H and O–H groups in total. The Balaban J connectivity index is 2.48. The van der Waals surface area contributed by atoms with E-state index in [2.05, 4.69) is 0 Å². The van der Waals surface area contributed by atoms with Crippen molar-refractivity contribution in [3.8, 4) is 5.75 Å². The number of nitrogens with two attached hydrogens (primary N) is 1. The summed E-state index contributed by atoms with van der Waals surface area (Å²) in [5, 5.41) is 9.87. The van der Waals surface area contributed by atoms with Crippen LogP contribution in [0.5, 0.6) is 5.75 Å². The molecule has 19 heavy (non-hydrogen) atoms. The number of amides is 1. The third kappa shape index (κ3) is 4.54. The number of hydrogen-bond acceptors (Lipinski definition) is 4. The number of ether oxygens (including phenoxy) is 2. The van der Waals surface area contributed by atoms with Gasteiger partial charge in [0.25, 0.3) is 0 Å². The molecule has 3 atom stereocenters. The highest BCUT2D eigenvalue weighted by molar-refractivity contribution is 5.76. The Labute approximate surface area is 113 Å². The Morgan fingerprint density at radius 1 is 1.32 bits per heavy atom. The first-order chi connectivity index (χ1) is 8.95. The van der Waals surface area contributed by atoms with Crippen molar-refractivity contribution in [2.45, 2.75) is 32.7 Å². The Hall–Kier alpha value is -1.59. The van der Waals surface area contributed by atoms with Crippen LogP contribution in [-0.4, -0.2) is 30.3 Å². The second-order valence-corrected chi connectivity index (χ2v) is 4.55. The average Bonchev–Trinajstić information content (AvgIpc) is 2.43. The van der Waals surface area contributed by atoms with Gasteiger partial charge in [0, 0.05) is 0 Å². The summed E-state index contributed by atoms with van der Waals surface area (Å²) in [6.07, 6.45) is -1.37. The highest BCUT2D eigenvalue weighted by atomic mass is 16.5. The van der Waals surface area contributed by atoms with Crippen LogP contribution in [0.3, 0.4) is 0 Å². The highest BCUT2D eigenvalue weighted by Gasteiger charge is 2.25. The predicted molar refractivity (Wildman–Crippen MR) is 71.6 cm³/mol. The van der Waals surface area contributed by atoms with Crippen LogP contribution in [0.2, 0.25) is 0 Å². The van der Waals surface area contributed by atoms with Crippen molar-refractivity contribution < 1.29 is 19.4 Å². The molecule has 0 fully saturated rings. The molecule has 0 saturated carbocycles. The molecule has 0 unspecified atom stereocenters. The standard InChI is InChI=1S/C14H21NO4/c1-9(14(15)17)13(16)10(2)19-8-11-4-6-12(18-3)7-5-11/h4-7,9-10,13,16H,8H2,1-3H3,(H2,15,17)/t9-,10-,13-/m0/s1. The minimum Gasteiger partial charge on any atom is -0.497 e. The van der Waals surface area contributed by atoms with Gasteiger partial charge in [-0.15, -0.1) is 0 Å². The number of methoxy groups -OCH3 is 1. The van der Waals surface area contributed by atoms with Gasteiger partial charge in [0.05, 0.1) is 31.8 Å². The molecule has 5 heteroatoms. The van der Waals surface area contributed by atoms with E-state index in [-0.39, 0.29) is 0 Å². The summed E-state index contributed by atoms with van der Waals surface area (Å²) >= 11 is 0. The summed E-state index contributed by atoms with van der Waals surface area (Å²) in [6, 6.07) is 7.45. The molecule has 0 aromatic heterocycles. The van der Waals surface area contributed by atoms with Crippen LogP contribution in [0.15, 0.2) is 24.3 Å². The largest absolute Gasteiger partial charge is 0.497 e. The van der Waals surface area contributed by atoms with Gasteiger partial charge in [-0.1, -0.05) is 19.1 Å². The third-order valence-corrected chi connectivity index (χ3v) is 3.11. The normalized spacial score (nSPS) is 15.6. The average molecular weight is 267 g/mol. The SMILES string of the molecule is COc1ccc(CO[C@@H](C)[C@@H](O)[C@H](C)C(N)=O)cc1. The zero-order valence-corrected chi connectivity index (χ0v) is 11.5. The van der Waals surface area contributed by atoms with E-state index in [0.717, 1.165) is 11.3 Å². The van der Waals surface area contributed by atoms with Crippen molar-refractivity contribution in [2.24, 2.45) is 11.7 Å². The Morgan fingerprint density at radius 3 is 2.37 bits per heavy atom. The van der Waals surface area contributed by atoms with E-state index in [1.807, 2.05) is 24.3 Å². The second kappa shape index (κ2) is 7.11. The summed E-state index contributed by atoms with van der Waals surface area (Å²) in [4.78, 5) is 11.0. The van der Waals surface area contributed by atoms with Crippen LogP contribution >= 0.6 is 0 Å². The number of hydrogen-bond donors (Lipinski definition) is 2. The Morgan fingerprint density at radius 2 is 1.89 bits per heavy atom. The number of benzene rings is 1. The van der Waals surface area contributed by atoms with Gasteiger partial charge in [-0.25, -0.2) is 0 Å². The summed E-state index contributed by atoms with van der Waals surface area (Å²) in [5.74, 6) is -0.391. The molecule has 0 bridgehead atoms. The van der Waals surface area contributed by atoms with Crippen LogP contribution < -0.4 is 10.5 Å². The van der Waals surface area contributed by atoms with E-state index in [1.54, 1.807) is 21.0 Å². The first-order valence-corrected chi connectivity index (χ1v) is 6.17. The molecule has 0 radical (unpaired) electrons.